The van der Waals surface area contributed by atoms with Crippen molar-refractivity contribution in [3.63, 3.8) is 0 Å². The van der Waals surface area contributed by atoms with Crippen LogP contribution in [0.1, 0.15) is 33.1 Å². The van der Waals surface area contributed by atoms with E-state index in [4.69, 9.17) is 0 Å². The summed E-state index contributed by atoms with van der Waals surface area (Å²) in [7, 11) is 0. The molecule has 0 aromatic rings. The van der Waals surface area contributed by atoms with Gasteiger partial charge in [0.05, 0.1) is 0 Å². The van der Waals surface area contributed by atoms with Crippen LogP contribution >= 0.6 is 0 Å². The van der Waals surface area contributed by atoms with E-state index in [-0.39, 0.29) is 21.1 Å². The van der Waals surface area contributed by atoms with Gasteiger partial charge in [-0.05, 0) is 32.5 Å². The molecule has 0 amide bonds. The van der Waals surface area contributed by atoms with Gasteiger partial charge in [0, 0.05) is 21.1 Å². The van der Waals surface area contributed by atoms with E-state index < -0.39 is 0 Å². The van der Waals surface area contributed by atoms with Gasteiger partial charge in [0.2, 0.25) is 0 Å². The Labute approximate surface area is 90.0 Å². The van der Waals surface area contributed by atoms with E-state index in [1.54, 1.807) is 0 Å². The number of rotatable bonds is 7. The molecule has 0 heterocycles. The van der Waals surface area contributed by atoms with Crippen LogP contribution in [-0.2, 0) is 25.9 Å². The van der Waals surface area contributed by atoms with E-state index in [1.165, 1.54) is 12.8 Å². The van der Waals surface area contributed by atoms with E-state index in [0.29, 0.717) is 6.42 Å². The molecular weight excluding hydrogens is 322 g/mol. The van der Waals surface area contributed by atoms with Gasteiger partial charge in [-0.15, -0.1) is 6.42 Å². The van der Waals surface area contributed by atoms with E-state index in [2.05, 4.69) is 18.7 Å². The molecule has 0 saturated carbocycles. The smallest absolute Gasteiger partial charge is 0 e. The molecule has 0 unspecified atom stereocenters. The second-order valence-corrected chi connectivity index (χ2v) is 2.74. The molecule has 0 aliphatic heterocycles. The van der Waals surface area contributed by atoms with Gasteiger partial charge in [-0.2, -0.15) is 0 Å². The fourth-order valence-electron chi connectivity index (χ4n) is 1.17. The Hall–Kier alpha value is 0.318. The van der Waals surface area contributed by atoms with Crippen molar-refractivity contribution in [1.82, 2.24) is 4.90 Å². The first-order valence-corrected chi connectivity index (χ1v) is 4.42. The minimum Gasteiger partial charge on any atom is -0.542 e. The third-order valence-electron chi connectivity index (χ3n) is 1.61. The van der Waals surface area contributed by atoms with Crippen molar-refractivity contribution >= 4 is 6.29 Å². The Balaban J connectivity index is 0. The monoisotopic (exact) mass is 340 g/mol. The summed E-state index contributed by atoms with van der Waals surface area (Å²) in [4.78, 5) is 12.3. The molecule has 0 aromatic heterocycles. The number of nitrogens with zero attached hydrogens (tertiary/aromatic N) is 1. The second-order valence-electron chi connectivity index (χ2n) is 2.74. The summed E-state index contributed by atoms with van der Waals surface area (Å²) in [5.41, 5.74) is 0. The van der Waals surface area contributed by atoms with E-state index in [1.807, 2.05) is 6.29 Å². The maximum absolute atomic E-state index is 9.97. The van der Waals surface area contributed by atoms with E-state index >= 15 is 0 Å². The van der Waals surface area contributed by atoms with Crippen LogP contribution < -0.4 is 0 Å². The Morgan fingerprint density at radius 2 is 1.58 bits per heavy atom. The van der Waals surface area contributed by atoms with Crippen LogP contribution in [0.5, 0.6) is 0 Å². The maximum Gasteiger partial charge on any atom is 0 e. The minimum absolute atomic E-state index is 0. The van der Waals surface area contributed by atoms with Crippen molar-refractivity contribution in [3.05, 3.63) is 0 Å². The first kappa shape index (κ1) is 14.8. The van der Waals surface area contributed by atoms with Gasteiger partial charge < -0.3 is 9.69 Å². The molecule has 12 heavy (non-hydrogen) atoms. The van der Waals surface area contributed by atoms with Crippen molar-refractivity contribution in [1.29, 1.82) is 0 Å². The topological polar surface area (TPSA) is 20.3 Å². The summed E-state index contributed by atoms with van der Waals surface area (Å²) in [5, 5.41) is 0. The molecule has 0 aromatic carbocycles. The second kappa shape index (κ2) is 11.3. The van der Waals surface area contributed by atoms with Crippen LogP contribution in [0.15, 0.2) is 0 Å². The third kappa shape index (κ3) is 8.42. The molecule has 72 valence electrons. The normalized spacial score (nSPS) is 9.58. The molecule has 0 radical (unpaired) electrons. The van der Waals surface area contributed by atoms with Crippen LogP contribution in [0, 0.1) is 0 Å². The Bertz CT molecular complexity index is 92.5. The largest absolute Gasteiger partial charge is 0.542 e. The van der Waals surface area contributed by atoms with Crippen molar-refractivity contribution in [2.45, 2.75) is 33.1 Å². The number of carbonyl (C=O) groups excluding carboxylic acids is 1. The molecule has 0 spiro atoms. The first-order valence-electron chi connectivity index (χ1n) is 4.42. The molecule has 0 saturated heterocycles. The van der Waals surface area contributed by atoms with Gasteiger partial charge in [0.25, 0.3) is 0 Å². The zero-order valence-electron chi connectivity index (χ0n) is 8.01. The quantitative estimate of drug-likeness (QED) is 0.657. The van der Waals surface area contributed by atoms with Gasteiger partial charge in [0.1, 0.15) is 0 Å². The van der Waals surface area contributed by atoms with Gasteiger partial charge in [0.15, 0.2) is 0 Å². The zero-order chi connectivity index (χ0) is 8.53. The summed E-state index contributed by atoms with van der Waals surface area (Å²) >= 11 is 0. The van der Waals surface area contributed by atoms with Gasteiger partial charge >= 0.3 is 0 Å². The molecular formula is C9H18NOW-. The SMILES string of the molecule is CCCN(CCC)CC[C-]=O.[W]. The van der Waals surface area contributed by atoms with Crippen LogP contribution in [0.4, 0.5) is 0 Å². The van der Waals surface area contributed by atoms with Crippen LogP contribution in [0.25, 0.3) is 0 Å². The maximum atomic E-state index is 9.97. The molecule has 0 rings (SSSR count). The summed E-state index contributed by atoms with van der Waals surface area (Å²) in [6.45, 7) is 7.41. The standard InChI is InChI=1S/C9H18NO.W/c1-3-6-10(7-4-2)8-5-9-11;/h3-8H2,1-2H3;/q-1;. The Morgan fingerprint density at radius 3 is 1.92 bits per heavy atom. The van der Waals surface area contributed by atoms with E-state index in [0.717, 1.165) is 19.6 Å². The average Bonchev–Trinajstić information content (AvgIpc) is 2.01. The Kier molecular flexibility index (Phi) is 14.0. The predicted octanol–water partition coefficient (Wildman–Crippen LogP) is 1.61. The van der Waals surface area contributed by atoms with Crippen LogP contribution in [0.2, 0.25) is 0 Å². The van der Waals surface area contributed by atoms with Crippen molar-refractivity contribution < 1.29 is 25.9 Å². The number of hydrogen-bond acceptors (Lipinski definition) is 2. The zero-order valence-corrected chi connectivity index (χ0v) is 10.9. The summed E-state index contributed by atoms with van der Waals surface area (Å²) < 4.78 is 0. The molecule has 0 aliphatic carbocycles. The van der Waals surface area contributed by atoms with Gasteiger partial charge in [-0.25, -0.2) is 0 Å². The van der Waals surface area contributed by atoms with E-state index in [9.17, 15) is 4.79 Å². The summed E-state index contributed by atoms with van der Waals surface area (Å²) in [5.74, 6) is 0. The third-order valence-corrected chi connectivity index (χ3v) is 1.61. The number of hydrogen-bond donors (Lipinski definition) is 0. The van der Waals surface area contributed by atoms with Gasteiger partial charge in [-0.3, -0.25) is 6.29 Å². The minimum atomic E-state index is 0. The fourth-order valence-corrected chi connectivity index (χ4v) is 1.17. The molecule has 0 atom stereocenters. The van der Waals surface area contributed by atoms with Crippen molar-refractivity contribution in [2.24, 2.45) is 0 Å². The van der Waals surface area contributed by atoms with Gasteiger partial charge in [-0.1, -0.05) is 13.8 Å². The fraction of sp³-hybridized carbons (Fsp3) is 0.889. The molecule has 2 nitrogen and oxygen atoms in total. The van der Waals surface area contributed by atoms with Crippen molar-refractivity contribution in [2.75, 3.05) is 19.6 Å². The molecule has 0 aliphatic rings. The predicted molar refractivity (Wildman–Crippen MR) is 47.3 cm³/mol. The van der Waals surface area contributed by atoms with Crippen LogP contribution in [0.3, 0.4) is 0 Å². The average molecular weight is 340 g/mol. The summed E-state index contributed by atoms with van der Waals surface area (Å²) in [6.07, 6.45) is 4.81. The van der Waals surface area contributed by atoms with Crippen LogP contribution in [-0.4, -0.2) is 30.8 Å². The molecule has 0 fully saturated rings. The first-order chi connectivity index (χ1) is 5.35. The molecule has 0 bridgehead atoms. The Morgan fingerprint density at radius 1 is 1.08 bits per heavy atom. The molecule has 3 heteroatoms. The van der Waals surface area contributed by atoms with Crippen molar-refractivity contribution in [3.8, 4) is 0 Å². The molecule has 0 N–H and O–H groups in total. The summed E-state index contributed by atoms with van der Waals surface area (Å²) in [6, 6.07) is 0.